The highest BCUT2D eigenvalue weighted by Crippen LogP contribution is 2.29. The van der Waals surface area contributed by atoms with E-state index < -0.39 is 10.0 Å². The second kappa shape index (κ2) is 7.19. The van der Waals surface area contributed by atoms with Crippen LogP contribution in [0.5, 0.6) is 5.75 Å². The van der Waals surface area contributed by atoms with Gasteiger partial charge in [-0.2, -0.15) is 0 Å². The summed E-state index contributed by atoms with van der Waals surface area (Å²) in [6.45, 7) is 2.41. The average Bonchev–Trinajstić information content (AvgIpc) is 2.66. The molecule has 142 valence electrons. The third-order valence-electron chi connectivity index (χ3n) is 4.91. The first-order chi connectivity index (χ1) is 13.0. The van der Waals surface area contributed by atoms with Crippen molar-refractivity contribution < 1.29 is 13.2 Å². The standard InChI is InChI=1S/C19H22N4O3S/c20-19-18-15(13-27(24,25)22-19)6-3-7-16(18)26-12-14-5-4-10-23(11-14)17-8-1-2-9-21-17/h1-3,6-9,14H,4-5,10-13H2,(H2,20,22)/t14-/m0/s1. The lowest BCUT2D eigenvalue weighted by molar-refractivity contribution is 0.228. The highest BCUT2D eigenvalue weighted by Gasteiger charge is 2.26. The van der Waals surface area contributed by atoms with Gasteiger partial charge in [-0.15, -0.1) is 4.40 Å². The first kappa shape index (κ1) is 17.8. The minimum Gasteiger partial charge on any atom is -0.492 e. The molecule has 1 fully saturated rings. The number of piperidine rings is 1. The number of sulfonamides is 1. The van der Waals surface area contributed by atoms with Gasteiger partial charge >= 0.3 is 0 Å². The number of rotatable bonds is 4. The van der Waals surface area contributed by atoms with Gasteiger partial charge in [-0.05, 0) is 36.6 Å². The molecule has 0 aliphatic carbocycles. The number of anilines is 1. The van der Waals surface area contributed by atoms with Gasteiger partial charge < -0.3 is 15.4 Å². The van der Waals surface area contributed by atoms with E-state index in [1.807, 2.05) is 30.5 Å². The van der Waals surface area contributed by atoms with Gasteiger partial charge in [0.2, 0.25) is 0 Å². The SMILES string of the molecule is NC1=NS(=O)(=O)Cc2cccc(OC[C@H]3CCCN(c4ccccn4)C3)c21. The van der Waals surface area contributed by atoms with Gasteiger partial charge in [0, 0.05) is 25.2 Å². The van der Waals surface area contributed by atoms with Crippen LogP contribution in [0.15, 0.2) is 47.0 Å². The molecule has 2 aliphatic rings. The molecule has 0 bridgehead atoms. The average molecular weight is 386 g/mol. The maximum absolute atomic E-state index is 11.8. The van der Waals surface area contributed by atoms with Crippen molar-refractivity contribution in [1.29, 1.82) is 0 Å². The van der Waals surface area contributed by atoms with Crippen molar-refractivity contribution in [3.05, 3.63) is 53.7 Å². The topological polar surface area (TPSA) is 97.9 Å². The lowest BCUT2D eigenvalue weighted by Gasteiger charge is -2.33. The smallest absolute Gasteiger partial charge is 0.259 e. The monoisotopic (exact) mass is 386 g/mol. The van der Waals surface area contributed by atoms with E-state index in [2.05, 4.69) is 14.3 Å². The maximum atomic E-state index is 11.8. The number of hydrogen-bond donors (Lipinski definition) is 1. The predicted octanol–water partition coefficient (Wildman–Crippen LogP) is 1.93. The lowest BCUT2D eigenvalue weighted by atomic mass is 9.99. The molecule has 2 aliphatic heterocycles. The van der Waals surface area contributed by atoms with Crippen molar-refractivity contribution in [3.63, 3.8) is 0 Å². The molecule has 27 heavy (non-hydrogen) atoms. The minimum atomic E-state index is -3.54. The molecule has 2 N–H and O–H groups in total. The summed E-state index contributed by atoms with van der Waals surface area (Å²) in [5, 5.41) is 0. The highest BCUT2D eigenvalue weighted by molar-refractivity contribution is 7.89. The zero-order chi connectivity index (χ0) is 18.9. The summed E-state index contributed by atoms with van der Waals surface area (Å²) >= 11 is 0. The zero-order valence-electron chi connectivity index (χ0n) is 14.9. The van der Waals surface area contributed by atoms with Crippen LogP contribution in [0.4, 0.5) is 5.82 Å². The van der Waals surface area contributed by atoms with Gasteiger partial charge in [0.05, 0.1) is 17.9 Å². The van der Waals surface area contributed by atoms with Gasteiger partial charge in [-0.25, -0.2) is 13.4 Å². The van der Waals surface area contributed by atoms with Crippen molar-refractivity contribution >= 4 is 21.7 Å². The number of aromatic nitrogens is 1. The van der Waals surface area contributed by atoms with E-state index in [0.717, 1.165) is 31.7 Å². The molecule has 1 saturated heterocycles. The van der Waals surface area contributed by atoms with Crippen LogP contribution in [0.2, 0.25) is 0 Å². The lowest BCUT2D eigenvalue weighted by Crippen LogP contribution is -2.38. The van der Waals surface area contributed by atoms with Gasteiger partial charge in [-0.3, -0.25) is 0 Å². The van der Waals surface area contributed by atoms with Gasteiger partial charge in [0.25, 0.3) is 10.0 Å². The van der Waals surface area contributed by atoms with Crippen LogP contribution < -0.4 is 15.4 Å². The molecule has 2 aromatic rings. The van der Waals surface area contributed by atoms with Gasteiger partial charge in [-0.1, -0.05) is 18.2 Å². The van der Waals surface area contributed by atoms with Crippen molar-refractivity contribution in [1.82, 2.24) is 4.98 Å². The highest BCUT2D eigenvalue weighted by atomic mass is 32.2. The fourth-order valence-corrected chi connectivity index (χ4v) is 4.78. The van der Waals surface area contributed by atoms with Crippen LogP contribution in [0.25, 0.3) is 0 Å². The Hall–Kier alpha value is -2.61. The molecule has 1 aromatic carbocycles. The van der Waals surface area contributed by atoms with E-state index in [4.69, 9.17) is 10.5 Å². The van der Waals surface area contributed by atoms with E-state index in [1.54, 1.807) is 12.1 Å². The Bertz CT molecular complexity index is 960. The Morgan fingerprint density at radius 1 is 1.22 bits per heavy atom. The molecule has 0 amide bonds. The number of ether oxygens (including phenoxy) is 1. The molecule has 0 saturated carbocycles. The Balaban J connectivity index is 1.47. The molecule has 0 spiro atoms. The molecule has 0 unspecified atom stereocenters. The molecule has 8 heteroatoms. The van der Waals surface area contributed by atoms with E-state index >= 15 is 0 Å². The van der Waals surface area contributed by atoms with Crippen molar-refractivity contribution in [2.24, 2.45) is 16.0 Å². The van der Waals surface area contributed by atoms with Crippen LogP contribution in [0, 0.1) is 5.92 Å². The third kappa shape index (κ3) is 3.90. The molecule has 3 heterocycles. The summed E-state index contributed by atoms with van der Waals surface area (Å²) in [5.41, 5.74) is 7.14. The van der Waals surface area contributed by atoms with E-state index in [1.165, 1.54) is 0 Å². The Morgan fingerprint density at radius 2 is 2.11 bits per heavy atom. The summed E-state index contributed by atoms with van der Waals surface area (Å²) in [5.74, 6) is 1.81. The summed E-state index contributed by atoms with van der Waals surface area (Å²) < 4.78 is 33.3. The maximum Gasteiger partial charge on any atom is 0.259 e. The summed E-state index contributed by atoms with van der Waals surface area (Å²) in [4.78, 5) is 6.71. The molecular formula is C19H22N4O3S. The minimum absolute atomic E-state index is 0.00519. The number of pyridine rings is 1. The van der Waals surface area contributed by atoms with E-state index in [9.17, 15) is 8.42 Å². The van der Waals surface area contributed by atoms with Gasteiger partial charge in [0.1, 0.15) is 17.4 Å². The van der Waals surface area contributed by atoms with Crippen LogP contribution in [0.1, 0.15) is 24.0 Å². The number of fused-ring (bicyclic) bond motifs is 1. The molecule has 1 aromatic heterocycles. The fourth-order valence-electron chi connectivity index (χ4n) is 3.69. The molecule has 0 radical (unpaired) electrons. The number of nitrogens with two attached hydrogens (primary N) is 1. The normalized spacial score (nSPS) is 21.3. The van der Waals surface area contributed by atoms with Gasteiger partial charge in [0.15, 0.2) is 0 Å². The number of hydrogen-bond acceptors (Lipinski definition) is 6. The summed E-state index contributed by atoms with van der Waals surface area (Å²) in [6.07, 6.45) is 3.97. The number of nitrogens with zero attached hydrogens (tertiary/aromatic N) is 3. The first-order valence-electron chi connectivity index (χ1n) is 9.01. The second-order valence-electron chi connectivity index (χ2n) is 6.95. The Kier molecular flexibility index (Phi) is 4.73. The second-order valence-corrected chi connectivity index (χ2v) is 8.58. The Morgan fingerprint density at radius 3 is 2.93 bits per heavy atom. The fraction of sp³-hybridized carbons (Fsp3) is 0.368. The van der Waals surface area contributed by atoms with Crippen molar-refractivity contribution in [3.8, 4) is 5.75 Å². The van der Waals surface area contributed by atoms with Crippen LogP contribution in [0.3, 0.4) is 0 Å². The molecule has 4 rings (SSSR count). The first-order valence-corrected chi connectivity index (χ1v) is 10.6. The predicted molar refractivity (Wildman–Crippen MR) is 104 cm³/mol. The van der Waals surface area contributed by atoms with Crippen LogP contribution in [-0.4, -0.2) is 38.9 Å². The largest absolute Gasteiger partial charge is 0.492 e. The summed E-state index contributed by atoms with van der Waals surface area (Å²) in [6, 6.07) is 11.3. The quantitative estimate of drug-likeness (QED) is 0.862. The van der Waals surface area contributed by atoms with Crippen molar-refractivity contribution in [2.75, 3.05) is 24.6 Å². The van der Waals surface area contributed by atoms with Crippen LogP contribution in [-0.2, 0) is 15.8 Å². The number of benzene rings is 1. The van der Waals surface area contributed by atoms with Crippen molar-refractivity contribution in [2.45, 2.75) is 18.6 Å². The molecule has 7 nitrogen and oxygen atoms in total. The number of amidine groups is 1. The third-order valence-corrected chi connectivity index (χ3v) is 6.06. The zero-order valence-corrected chi connectivity index (χ0v) is 15.7. The van der Waals surface area contributed by atoms with E-state index in [-0.39, 0.29) is 11.6 Å². The van der Waals surface area contributed by atoms with Crippen LogP contribution >= 0.6 is 0 Å². The molecular weight excluding hydrogens is 364 g/mol. The molecule has 1 atom stereocenters. The van der Waals surface area contributed by atoms with E-state index in [0.29, 0.717) is 29.4 Å². The summed E-state index contributed by atoms with van der Waals surface area (Å²) in [7, 11) is -3.54. The Labute approximate surface area is 158 Å².